The van der Waals surface area contributed by atoms with E-state index >= 15 is 0 Å². The Bertz CT molecular complexity index is 1330. The van der Waals surface area contributed by atoms with Crippen LogP contribution in [0.5, 0.6) is 11.5 Å². The van der Waals surface area contributed by atoms with Crippen LogP contribution in [0.1, 0.15) is 38.4 Å². The van der Waals surface area contributed by atoms with Gasteiger partial charge in [0.05, 0.1) is 20.6 Å². The molecule has 3 rings (SSSR count). The van der Waals surface area contributed by atoms with E-state index in [0.717, 1.165) is 63.5 Å². The fraction of sp³-hybridized carbons (Fsp3) is 0.344. The molecule has 0 saturated heterocycles. The van der Waals surface area contributed by atoms with Crippen molar-refractivity contribution >= 4 is 12.6 Å². The summed E-state index contributed by atoms with van der Waals surface area (Å²) < 4.78 is 10.9. The highest BCUT2D eigenvalue weighted by Crippen LogP contribution is 2.31. The van der Waals surface area contributed by atoms with Gasteiger partial charge in [0.25, 0.3) is 0 Å². The number of ether oxygens (including phenoxy) is 2. The van der Waals surface area contributed by atoms with E-state index in [-0.39, 0.29) is 0 Å². The van der Waals surface area contributed by atoms with E-state index in [1.54, 1.807) is 19.1 Å². The number of aldehydes is 1. The van der Waals surface area contributed by atoms with Crippen molar-refractivity contribution in [1.82, 2.24) is 19.7 Å². The number of carbonyl (C=O) groups is 1. The lowest BCUT2D eigenvalue weighted by atomic mass is 9.90. The molecule has 0 radical (unpaired) electrons. The third kappa shape index (κ3) is 8.16. The van der Waals surface area contributed by atoms with Crippen LogP contribution >= 0.6 is 0 Å². The summed E-state index contributed by atoms with van der Waals surface area (Å²) in [5.74, 6) is 1.51. The average Bonchev–Trinajstić information content (AvgIpc) is 2.93. The van der Waals surface area contributed by atoms with Gasteiger partial charge in [0.1, 0.15) is 17.8 Å². The summed E-state index contributed by atoms with van der Waals surface area (Å²) in [6.45, 7) is 5.90. The number of pyridine rings is 1. The topological polar surface area (TPSA) is 82.0 Å². The third-order valence-electron chi connectivity index (χ3n) is 6.68. The molecule has 0 unspecified atom stereocenters. The van der Waals surface area contributed by atoms with Crippen molar-refractivity contribution in [1.29, 1.82) is 5.41 Å². The zero-order valence-corrected chi connectivity index (χ0v) is 24.7. The van der Waals surface area contributed by atoms with E-state index in [2.05, 4.69) is 24.1 Å². The Labute approximate surface area is 238 Å². The van der Waals surface area contributed by atoms with Crippen LogP contribution in [0, 0.1) is 19.3 Å². The molecule has 0 amide bonds. The zero-order valence-electron chi connectivity index (χ0n) is 24.7. The van der Waals surface area contributed by atoms with Crippen LogP contribution in [-0.2, 0) is 19.5 Å². The molecule has 0 saturated carbocycles. The van der Waals surface area contributed by atoms with Crippen LogP contribution in [0.2, 0.25) is 0 Å². The molecule has 0 aliphatic heterocycles. The maximum Gasteiger partial charge on any atom is 0.150 e. The molecule has 1 heterocycles. The van der Waals surface area contributed by atoms with Gasteiger partial charge in [-0.3, -0.25) is 15.2 Å². The van der Waals surface area contributed by atoms with Crippen LogP contribution in [0.3, 0.4) is 0 Å². The molecule has 8 heteroatoms. The normalized spacial score (nSPS) is 11.1. The molecule has 0 atom stereocenters. The fourth-order valence-electron chi connectivity index (χ4n) is 4.67. The summed E-state index contributed by atoms with van der Waals surface area (Å²) in [5.41, 5.74) is 7.57. The summed E-state index contributed by atoms with van der Waals surface area (Å²) in [4.78, 5) is 23.0. The number of nitrogens with one attached hydrogen (secondary N) is 1. The minimum absolute atomic E-state index is 0.470. The molecule has 212 valence electrons. The Morgan fingerprint density at radius 2 is 1.55 bits per heavy atom. The maximum atomic E-state index is 12.4. The second-order valence-corrected chi connectivity index (χ2v) is 10.2. The van der Waals surface area contributed by atoms with Crippen molar-refractivity contribution < 1.29 is 14.3 Å². The number of likely N-dealkylation sites (N-methyl/N-ethyl adjacent to an activating group) is 1. The lowest BCUT2D eigenvalue weighted by Crippen LogP contribution is -2.22. The Morgan fingerprint density at radius 1 is 0.875 bits per heavy atom. The van der Waals surface area contributed by atoms with Gasteiger partial charge >= 0.3 is 0 Å². The number of benzene rings is 2. The minimum Gasteiger partial charge on any atom is -0.497 e. The number of hydrogen-bond acceptors (Lipinski definition) is 7. The van der Waals surface area contributed by atoms with Gasteiger partial charge < -0.3 is 24.2 Å². The molecule has 1 N–H and O–H groups in total. The smallest absolute Gasteiger partial charge is 0.150 e. The molecule has 0 fully saturated rings. The van der Waals surface area contributed by atoms with E-state index in [9.17, 15) is 4.79 Å². The van der Waals surface area contributed by atoms with Crippen molar-refractivity contribution in [2.45, 2.75) is 33.4 Å². The highest BCUT2D eigenvalue weighted by atomic mass is 16.5. The molecule has 0 spiro atoms. The molecule has 0 bridgehead atoms. The maximum absolute atomic E-state index is 12.4. The highest BCUT2D eigenvalue weighted by molar-refractivity contribution is 5.84. The van der Waals surface area contributed by atoms with Crippen molar-refractivity contribution in [3.63, 3.8) is 0 Å². The molecule has 40 heavy (non-hydrogen) atoms. The molecule has 8 nitrogen and oxygen atoms in total. The van der Waals surface area contributed by atoms with Gasteiger partial charge in [-0.1, -0.05) is 6.07 Å². The van der Waals surface area contributed by atoms with Crippen LogP contribution in [-0.4, -0.2) is 74.2 Å². The van der Waals surface area contributed by atoms with Crippen molar-refractivity contribution in [2.24, 2.45) is 0 Å². The average molecular weight is 544 g/mol. The monoisotopic (exact) mass is 543 g/mol. The van der Waals surface area contributed by atoms with Crippen LogP contribution < -0.4 is 9.47 Å². The molecule has 2 aromatic carbocycles. The van der Waals surface area contributed by atoms with Crippen molar-refractivity contribution in [3.05, 3.63) is 88.5 Å². The van der Waals surface area contributed by atoms with E-state index in [1.807, 2.05) is 75.6 Å². The number of carbonyl (C=O) groups excluding carboxylic acids is 1. The summed E-state index contributed by atoms with van der Waals surface area (Å²) in [6.07, 6.45) is 6.65. The molecular weight excluding hydrogens is 502 g/mol. The zero-order chi connectivity index (χ0) is 29.2. The van der Waals surface area contributed by atoms with E-state index in [0.29, 0.717) is 25.1 Å². The van der Waals surface area contributed by atoms with Crippen molar-refractivity contribution in [2.75, 3.05) is 41.9 Å². The Morgan fingerprint density at radius 3 is 2.12 bits per heavy atom. The summed E-state index contributed by atoms with van der Waals surface area (Å²) in [7, 11) is 9.24. The number of aryl methyl sites for hydroxylation is 2. The fourth-order valence-corrected chi connectivity index (χ4v) is 4.67. The molecule has 0 aliphatic rings. The van der Waals surface area contributed by atoms with E-state index in [4.69, 9.17) is 19.9 Å². The van der Waals surface area contributed by atoms with Crippen LogP contribution in [0.25, 0.3) is 11.1 Å². The number of nitrogens with zero attached hydrogens (tertiary/aromatic N) is 4. The first-order valence-electron chi connectivity index (χ1n) is 13.2. The van der Waals surface area contributed by atoms with Gasteiger partial charge in [-0.15, -0.1) is 0 Å². The first-order valence-corrected chi connectivity index (χ1v) is 13.2. The minimum atomic E-state index is 0.470. The summed E-state index contributed by atoms with van der Waals surface area (Å²) >= 11 is 0. The molecule has 3 aromatic rings. The Balaban J connectivity index is 1.96. The molecular formula is C32H41N5O3. The quantitative estimate of drug-likeness (QED) is 0.168. The van der Waals surface area contributed by atoms with Crippen molar-refractivity contribution in [3.8, 4) is 22.6 Å². The molecule has 1 aromatic heterocycles. The first-order chi connectivity index (χ1) is 19.2. The predicted molar refractivity (Wildman–Crippen MR) is 161 cm³/mol. The predicted octanol–water partition coefficient (Wildman–Crippen LogP) is 5.31. The van der Waals surface area contributed by atoms with E-state index in [1.165, 1.54) is 6.34 Å². The summed E-state index contributed by atoms with van der Waals surface area (Å²) in [6, 6.07) is 14.0. The van der Waals surface area contributed by atoms with Gasteiger partial charge in [0.15, 0.2) is 0 Å². The Hall–Kier alpha value is -4.17. The number of hydrogen-bond donors (Lipinski definition) is 1. The van der Waals surface area contributed by atoms with E-state index < -0.39 is 0 Å². The first kappa shape index (κ1) is 30.4. The number of aromatic nitrogens is 1. The SMILES string of the molecule is COc1cc(CN(C)CCc2c(C=O)cc(CN(C=N)/C=C\N(C)C)cc2-c2ccc(C)nc2C)cc(OC)c1. The largest absolute Gasteiger partial charge is 0.497 e. The van der Waals surface area contributed by atoms with Gasteiger partial charge in [-0.05, 0) is 79.9 Å². The second kappa shape index (κ2) is 14.3. The highest BCUT2D eigenvalue weighted by Gasteiger charge is 2.17. The Kier molecular flexibility index (Phi) is 10.8. The van der Waals surface area contributed by atoms with Crippen LogP contribution in [0.4, 0.5) is 0 Å². The van der Waals surface area contributed by atoms with Gasteiger partial charge in [0, 0.05) is 74.7 Å². The summed E-state index contributed by atoms with van der Waals surface area (Å²) in [5, 5.41) is 7.86. The van der Waals surface area contributed by atoms with Gasteiger partial charge in [-0.2, -0.15) is 0 Å². The van der Waals surface area contributed by atoms with Crippen LogP contribution in [0.15, 0.2) is 54.9 Å². The standard InChI is InChI=1S/C32H41N5O3/c1-23-8-9-30(24(2)34-23)32-17-25(20-37(22-33)13-12-35(3)4)14-27(21-38)31(32)10-11-36(5)19-26-15-28(39-6)18-29(16-26)40-7/h8-9,12-18,21-22,33H,10-11,19-20H2,1-7H3/b13-12-,33-22?. The third-order valence-corrected chi connectivity index (χ3v) is 6.68. The molecule has 0 aliphatic carbocycles. The lowest BCUT2D eigenvalue weighted by molar-refractivity contribution is 0.112. The second-order valence-electron chi connectivity index (χ2n) is 10.2. The van der Waals surface area contributed by atoms with Gasteiger partial charge in [-0.25, -0.2) is 0 Å². The number of rotatable bonds is 14. The number of methoxy groups -OCH3 is 2. The van der Waals surface area contributed by atoms with Gasteiger partial charge in [0.2, 0.25) is 0 Å². The lowest BCUT2D eigenvalue weighted by Gasteiger charge is -2.22.